The molecule has 0 radical (unpaired) electrons. The molecule has 0 aromatic carbocycles. The van der Waals surface area contributed by atoms with Crippen molar-refractivity contribution in [2.24, 2.45) is 11.8 Å². The highest BCUT2D eigenvalue weighted by Gasteiger charge is 2.55. The topological polar surface area (TPSA) is 180 Å². The van der Waals surface area contributed by atoms with E-state index >= 15 is 0 Å². The molecule has 6 bridgehead atoms. The van der Waals surface area contributed by atoms with E-state index < -0.39 is 78.9 Å². The van der Waals surface area contributed by atoms with Gasteiger partial charge in [0.25, 0.3) is 0 Å². The monoisotopic (exact) mass is 696 g/mol. The fraction of sp³-hybridized carbons (Fsp3) is 0.833. The number of ether oxygens (including phenoxy) is 7. The molecule has 5 aliphatic rings. The number of unbranched alkanes of at least 4 members (excludes halogenated alkanes) is 1. The van der Waals surface area contributed by atoms with Gasteiger partial charge < -0.3 is 58.4 Å². The molecule has 0 aromatic rings. The van der Waals surface area contributed by atoms with Crippen LogP contribution in [0.2, 0.25) is 0 Å². The van der Waals surface area contributed by atoms with Crippen molar-refractivity contribution in [2.75, 3.05) is 13.7 Å². The van der Waals surface area contributed by atoms with Gasteiger partial charge in [0.2, 0.25) is 0 Å². The molecule has 0 spiro atoms. The van der Waals surface area contributed by atoms with Crippen molar-refractivity contribution >= 4 is 12.3 Å². The SMILES string of the molecule is CO[C@H]1[C@H](O[C@@H]2C[C@@H]3C[C@H](OCCCC=O)[C@@]4(O)C[C@H](C[C@H](O)[C@@H]5C[C@H](C)[C@H](/C=C\C=C\[C@H](C)C[C@H](C2)O3)O5)OC4=O)O[C@@H](C)[C@H](O)[C@H]1O. The van der Waals surface area contributed by atoms with Crippen LogP contribution in [-0.2, 0) is 42.7 Å². The maximum Gasteiger partial charge on any atom is 0.341 e. The summed E-state index contributed by atoms with van der Waals surface area (Å²) in [6.07, 6.45) is 2.53. The normalized spacial score (nSPS) is 47.8. The molecule has 4 saturated heterocycles. The highest BCUT2D eigenvalue weighted by molar-refractivity contribution is 5.82. The number of fused-ring (bicyclic) bond motifs is 6. The van der Waals surface area contributed by atoms with Gasteiger partial charge in [0.05, 0.1) is 48.8 Å². The van der Waals surface area contributed by atoms with E-state index in [4.69, 9.17) is 33.2 Å². The summed E-state index contributed by atoms with van der Waals surface area (Å²) in [5, 5.41) is 44.1. The lowest BCUT2D eigenvalue weighted by Crippen LogP contribution is -2.59. The number of allylic oxidation sites excluding steroid dienone is 3. The summed E-state index contributed by atoms with van der Waals surface area (Å²) >= 11 is 0. The molecule has 5 heterocycles. The predicted molar refractivity (Wildman–Crippen MR) is 174 cm³/mol. The summed E-state index contributed by atoms with van der Waals surface area (Å²) in [4.78, 5) is 24.4. The first-order valence-electron chi connectivity index (χ1n) is 17.9. The predicted octanol–water partition coefficient (Wildman–Crippen LogP) is 1.90. The van der Waals surface area contributed by atoms with E-state index in [0.29, 0.717) is 32.1 Å². The average molecular weight is 697 g/mol. The molecule has 13 nitrogen and oxygen atoms in total. The molecule has 0 saturated carbocycles. The van der Waals surface area contributed by atoms with Gasteiger partial charge in [-0.05, 0) is 38.0 Å². The molecule has 0 amide bonds. The number of carbonyl (C=O) groups is 2. The lowest BCUT2D eigenvalue weighted by molar-refractivity contribution is -0.316. The Morgan fingerprint density at radius 1 is 0.918 bits per heavy atom. The Kier molecular flexibility index (Phi) is 13.5. The third-order valence-electron chi connectivity index (χ3n) is 10.7. The summed E-state index contributed by atoms with van der Waals surface area (Å²) in [7, 11) is 1.42. The van der Waals surface area contributed by atoms with Crippen LogP contribution in [-0.4, -0.2) is 132 Å². The highest BCUT2D eigenvalue weighted by atomic mass is 16.7. The van der Waals surface area contributed by atoms with Gasteiger partial charge in [-0.15, -0.1) is 0 Å². The van der Waals surface area contributed by atoms with Gasteiger partial charge in [0, 0.05) is 52.2 Å². The number of hydrogen-bond acceptors (Lipinski definition) is 13. The fourth-order valence-corrected chi connectivity index (χ4v) is 7.90. The number of aliphatic hydroxyl groups excluding tert-OH is 3. The van der Waals surface area contributed by atoms with E-state index in [2.05, 4.69) is 19.9 Å². The van der Waals surface area contributed by atoms with Crippen molar-refractivity contribution < 1.29 is 63.2 Å². The summed E-state index contributed by atoms with van der Waals surface area (Å²) < 4.78 is 42.5. The minimum atomic E-state index is -2.00. The summed E-state index contributed by atoms with van der Waals surface area (Å²) in [6.45, 7) is 5.97. The van der Waals surface area contributed by atoms with Gasteiger partial charge in [-0.3, -0.25) is 0 Å². The van der Waals surface area contributed by atoms with E-state index in [0.717, 1.165) is 6.29 Å². The van der Waals surface area contributed by atoms with Crippen molar-refractivity contribution in [1.29, 1.82) is 0 Å². The first-order chi connectivity index (χ1) is 23.4. The average Bonchev–Trinajstić information content (AvgIpc) is 3.57. The molecular weight excluding hydrogens is 640 g/mol. The zero-order valence-electron chi connectivity index (χ0n) is 29.1. The van der Waals surface area contributed by atoms with E-state index in [1.54, 1.807) is 6.92 Å². The zero-order valence-corrected chi connectivity index (χ0v) is 29.1. The maximum absolute atomic E-state index is 13.4. The second-order valence-corrected chi connectivity index (χ2v) is 14.7. The number of hydrogen-bond donors (Lipinski definition) is 4. The number of rotatable bonds is 8. The van der Waals surface area contributed by atoms with Gasteiger partial charge in [-0.1, -0.05) is 38.2 Å². The molecule has 278 valence electrons. The van der Waals surface area contributed by atoms with Crippen molar-refractivity contribution in [3.63, 3.8) is 0 Å². The number of carbonyl (C=O) groups excluding carboxylic acids is 2. The van der Waals surface area contributed by atoms with Crippen LogP contribution in [0.3, 0.4) is 0 Å². The second kappa shape index (κ2) is 17.2. The van der Waals surface area contributed by atoms with Crippen LogP contribution >= 0.6 is 0 Å². The molecule has 0 aliphatic carbocycles. The Hall–Kier alpha value is -1.78. The minimum Gasteiger partial charge on any atom is -0.460 e. The first kappa shape index (κ1) is 38.5. The number of aldehydes is 1. The second-order valence-electron chi connectivity index (χ2n) is 14.7. The van der Waals surface area contributed by atoms with Crippen molar-refractivity contribution in [1.82, 2.24) is 0 Å². The standard InChI is InChI=1S/C36H56O13/c1-20-9-5-6-10-28-21(2)14-29(49-28)27(38)17-26-19-36(42,35(41)48-26)30(44-12-8-7-11-37)18-25-16-24(15-23(13-20)46-25)47-34-33(43-4)32(40)31(39)22(3)45-34/h5-6,9-11,20-34,38-40,42H,7-8,12-19H2,1-4H3/b9-5+,10-6-/t20-,21-,22-,23+,24-,25+,26-,27-,28-,29-,30-,31-,32+,33+,34-,36-/m0/s1. The van der Waals surface area contributed by atoms with Gasteiger partial charge in [0.1, 0.15) is 30.7 Å². The molecule has 4 fully saturated rings. The molecule has 5 rings (SSSR count). The van der Waals surface area contributed by atoms with E-state index in [1.165, 1.54) is 7.11 Å². The maximum atomic E-state index is 13.4. The number of aliphatic hydroxyl groups is 4. The van der Waals surface area contributed by atoms with Crippen LogP contribution in [0.15, 0.2) is 24.3 Å². The van der Waals surface area contributed by atoms with Gasteiger partial charge in [0.15, 0.2) is 11.9 Å². The Morgan fingerprint density at radius 2 is 1.65 bits per heavy atom. The van der Waals surface area contributed by atoms with Gasteiger partial charge in [-0.25, -0.2) is 4.79 Å². The lowest BCUT2D eigenvalue weighted by atomic mass is 9.85. The van der Waals surface area contributed by atoms with Crippen LogP contribution in [0.4, 0.5) is 0 Å². The molecule has 4 N–H and O–H groups in total. The highest BCUT2D eigenvalue weighted by Crippen LogP contribution is 2.39. The number of esters is 1. The summed E-state index contributed by atoms with van der Waals surface area (Å²) in [5.41, 5.74) is -2.00. The Balaban J connectivity index is 1.41. The molecule has 0 aromatic heterocycles. The smallest absolute Gasteiger partial charge is 0.341 e. The van der Waals surface area contributed by atoms with Crippen LogP contribution in [0, 0.1) is 11.8 Å². The fourth-order valence-electron chi connectivity index (χ4n) is 7.90. The minimum absolute atomic E-state index is 0.0760. The third kappa shape index (κ3) is 9.37. The molecule has 49 heavy (non-hydrogen) atoms. The van der Waals surface area contributed by atoms with E-state index in [9.17, 15) is 30.0 Å². The van der Waals surface area contributed by atoms with E-state index in [-0.39, 0.29) is 56.3 Å². The molecule has 13 heteroatoms. The Morgan fingerprint density at radius 3 is 2.39 bits per heavy atom. The van der Waals surface area contributed by atoms with Gasteiger partial charge in [-0.2, -0.15) is 0 Å². The summed E-state index contributed by atoms with van der Waals surface area (Å²) in [5.74, 6) is -0.519. The largest absolute Gasteiger partial charge is 0.460 e. The van der Waals surface area contributed by atoms with Crippen molar-refractivity contribution in [3.8, 4) is 0 Å². The molecule has 5 aliphatic heterocycles. The van der Waals surface area contributed by atoms with Gasteiger partial charge >= 0.3 is 5.97 Å². The van der Waals surface area contributed by atoms with Crippen molar-refractivity contribution in [3.05, 3.63) is 24.3 Å². The van der Waals surface area contributed by atoms with Crippen molar-refractivity contribution in [2.45, 2.75) is 164 Å². The molecular formula is C36H56O13. The molecule has 0 unspecified atom stereocenters. The summed E-state index contributed by atoms with van der Waals surface area (Å²) in [6, 6.07) is 0. The van der Waals surface area contributed by atoms with Crippen LogP contribution in [0.5, 0.6) is 0 Å². The van der Waals surface area contributed by atoms with Crippen LogP contribution in [0.25, 0.3) is 0 Å². The molecule has 16 atom stereocenters. The lowest BCUT2D eigenvalue weighted by Gasteiger charge is -2.44. The Bertz CT molecular complexity index is 1150. The van der Waals surface area contributed by atoms with E-state index in [1.807, 2.05) is 18.2 Å². The van der Waals surface area contributed by atoms with Crippen LogP contribution in [0.1, 0.15) is 78.6 Å². The quantitative estimate of drug-likeness (QED) is 0.164. The number of methoxy groups -OCH3 is 1. The third-order valence-corrected chi connectivity index (χ3v) is 10.7. The Labute approximate surface area is 288 Å². The zero-order chi connectivity index (χ0) is 35.3. The first-order valence-corrected chi connectivity index (χ1v) is 17.9. The van der Waals surface area contributed by atoms with Crippen LogP contribution < -0.4 is 0 Å².